The number of fused-ring (bicyclic) bond motifs is 1. The van der Waals surface area contributed by atoms with Crippen LogP contribution in [0.2, 0.25) is 0 Å². The fourth-order valence-corrected chi connectivity index (χ4v) is 4.28. The molecule has 0 saturated carbocycles. The van der Waals surface area contributed by atoms with Crippen molar-refractivity contribution in [3.05, 3.63) is 35.3 Å². The molecule has 2 atom stereocenters. The zero-order valence-corrected chi connectivity index (χ0v) is 15.7. The van der Waals surface area contributed by atoms with Crippen LogP contribution in [-0.4, -0.2) is 62.7 Å². The average molecular weight is 383 g/mol. The molecule has 1 aliphatic heterocycles. The van der Waals surface area contributed by atoms with E-state index >= 15 is 0 Å². The van der Waals surface area contributed by atoms with E-state index in [2.05, 4.69) is 10.3 Å². The third kappa shape index (κ3) is 3.60. The highest BCUT2D eigenvalue weighted by atomic mass is 32.2. The summed E-state index contributed by atoms with van der Waals surface area (Å²) in [6.07, 6.45) is 0. The molecule has 7 nitrogen and oxygen atoms in total. The molecule has 2 unspecified atom stereocenters. The smallest absolute Gasteiger partial charge is 0.268 e. The fourth-order valence-electron chi connectivity index (χ4n) is 3.11. The minimum absolute atomic E-state index is 0.0954. The van der Waals surface area contributed by atoms with Crippen LogP contribution < -0.4 is 5.32 Å². The van der Waals surface area contributed by atoms with Crippen molar-refractivity contribution >= 4 is 26.8 Å². The monoisotopic (exact) mass is 383 g/mol. The maximum Gasteiger partial charge on any atom is 0.268 e. The van der Waals surface area contributed by atoms with E-state index in [1.807, 2.05) is 0 Å². The lowest BCUT2D eigenvalue weighted by Crippen LogP contribution is -2.43. The van der Waals surface area contributed by atoms with E-state index in [4.69, 9.17) is 4.74 Å². The molecule has 1 aromatic carbocycles. The number of hydrogen-bond acceptors (Lipinski definition) is 4. The molecule has 0 bridgehead atoms. The van der Waals surface area contributed by atoms with E-state index in [0.29, 0.717) is 22.2 Å². The van der Waals surface area contributed by atoms with Crippen molar-refractivity contribution in [3.63, 3.8) is 0 Å². The van der Waals surface area contributed by atoms with Crippen molar-refractivity contribution in [1.29, 1.82) is 0 Å². The molecule has 0 aliphatic carbocycles. The number of H-pyrrole nitrogens is 1. The van der Waals surface area contributed by atoms with Gasteiger partial charge in [0.05, 0.1) is 25.0 Å². The van der Waals surface area contributed by atoms with Crippen LogP contribution in [-0.2, 0) is 14.8 Å². The van der Waals surface area contributed by atoms with E-state index in [-0.39, 0.29) is 36.6 Å². The van der Waals surface area contributed by atoms with Crippen molar-refractivity contribution in [2.24, 2.45) is 5.92 Å². The second-order valence-electron chi connectivity index (χ2n) is 6.75. The number of rotatable bonds is 5. The van der Waals surface area contributed by atoms with Gasteiger partial charge in [0, 0.05) is 30.9 Å². The first-order valence-electron chi connectivity index (χ1n) is 8.25. The minimum Gasteiger partial charge on any atom is -0.379 e. The van der Waals surface area contributed by atoms with Gasteiger partial charge in [-0.25, -0.2) is 17.1 Å². The SMILES string of the molecule is Cc1c(C(=O)NC2COCC2CS(=O)(=O)N(C)C)[nH]c2ccc(F)cc12. The molecule has 1 saturated heterocycles. The number of amides is 1. The Labute approximate surface area is 151 Å². The topological polar surface area (TPSA) is 91.5 Å². The summed E-state index contributed by atoms with van der Waals surface area (Å²) in [5.74, 6) is -1.15. The maximum atomic E-state index is 13.4. The van der Waals surface area contributed by atoms with Gasteiger partial charge in [-0.15, -0.1) is 0 Å². The molecule has 26 heavy (non-hydrogen) atoms. The van der Waals surface area contributed by atoms with Crippen LogP contribution in [0.15, 0.2) is 18.2 Å². The number of nitrogens with one attached hydrogen (secondary N) is 2. The third-order valence-electron chi connectivity index (χ3n) is 4.74. The molecule has 142 valence electrons. The van der Waals surface area contributed by atoms with E-state index < -0.39 is 16.1 Å². The molecular formula is C17H22FN3O4S. The normalized spacial score (nSPS) is 20.8. The van der Waals surface area contributed by atoms with Crippen molar-refractivity contribution in [2.75, 3.05) is 33.1 Å². The second kappa shape index (κ2) is 6.98. The van der Waals surface area contributed by atoms with Crippen molar-refractivity contribution in [2.45, 2.75) is 13.0 Å². The summed E-state index contributed by atoms with van der Waals surface area (Å²) in [6, 6.07) is 3.88. The van der Waals surface area contributed by atoms with Gasteiger partial charge >= 0.3 is 0 Å². The Morgan fingerprint density at radius 2 is 2.12 bits per heavy atom. The Kier molecular flexibility index (Phi) is 5.05. The summed E-state index contributed by atoms with van der Waals surface area (Å²) in [7, 11) is -0.440. The van der Waals surface area contributed by atoms with Gasteiger partial charge in [0.15, 0.2) is 0 Å². The van der Waals surface area contributed by atoms with Crippen molar-refractivity contribution in [3.8, 4) is 0 Å². The standard InChI is InChI=1S/C17H22FN3O4S/c1-10-13-6-12(18)4-5-14(13)19-16(10)17(22)20-15-8-25-7-11(15)9-26(23,24)21(2)3/h4-6,11,15,19H,7-9H2,1-3H3,(H,20,22). The van der Waals surface area contributed by atoms with Gasteiger partial charge in [-0.1, -0.05) is 0 Å². The van der Waals surface area contributed by atoms with Gasteiger partial charge in [0.25, 0.3) is 5.91 Å². The largest absolute Gasteiger partial charge is 0.379 e. The summed E-state index contributed by atoms with van der Waals surface area (Å²) in [6.45, 7) is 2.27. The summed E-state index contributed by atoms with van der Waals surface area (Å²) >= 11 is 0. The van der Waals surface area contributed by atoms with Crippen molar-refractivity contribution in [1.82, 2.24) is 14.6 Å². The second-order valence-corrected chi connectivity index (χ2v) is 8.98. The minimum atomic E-state index is -3.40. The quantitative estimate of drug-likeness (QED) is 0.813. The van der Waals surface area contributed by atoms with Crippen LogP contribution in [0.4, 0.5) is 4.39 Å². The highest BCUT2D eigenvalue weighted by Crippen LogP contribution is 2.23. The van der Waals surface area contributed by atoms with Crippen LogP contribution in [0.25, 0.3) is 10.9 Å². The summed E-state index contributed by atoms with van der Waals surface area (Å²) in [5, 5.41) is 3.49. The Bertz CT molecular complexity index is 939. The number of aryl methyl sites for hydroxylation is 1. The van der Waals surface area contributed by atoms with Gasteiger partial charge in [-0.3, -0.25) is 4.79 Å². The maximum absolute atomic E-state index is 13.4. The lowest BCUT2D eigenvalue weighted by Gasteiger charge is -2.21. The fraction of sp³-hybridized carbons (Fsp3) is 0.471. The number of aromatic nitrogens is 1. The number of hydrogen-bond donors (Lipinski definition) is 2. The van der Waals surface area contributed by atoms with Gasteiger partial charge in [-0.2, -0.15) is 0 Å². The van der Waals surface area contributed by atoms with Crippen LogP contribution in [0.3, 0.4) is 0 Å². The molecule has 1 aliphatic rings. The average Bonchev–Trinajstić information content (AvgIpc) is 3.12. The zero-order valence-electron chi connectivity index (χ0n) is 14.9. The number of halogens is 1. The highest BCUT2D eigenvalue weighted by molar-refractivity contribution is 7.89. The number of carbonyl (C=O) groups is 1. The van der Waals surface area contributed by atoms with Gasteiger partial charge in [-0.05, 0) is 30.7 Å². The molecule has 2 heterocycles. The predicted octanol–water partition coefficient (Wildman–Crippen LogP) is 1.25. The molecule has 0 radical (unpaired) electrons. The number of ether oxygens (including phenoxy) is 1. The summed E-state index contributed by atoms with van der Waals surface area (Å²) in [4.78, 5) is 15.7. The Balaban J connectivity index is 1.78. The third-order valence-corrected chi connectivity index (χ3v) is 6.71. The molecule has 0 spiro atoms. The number of nitrogens with zero attached hydrogens (tertiary/aromatic N) is 1. The van der Waals surface area contributed by atoms with Gasteiger partial charge in [0.2, 0.25) is 10.0 Å². The van der Waals surface area contributed by atoms with E-state index in [1.54, 1.807) is 13.0 Å². The molecule has 2 N–H and O–H groups in total. The number of aromatic amines is 1. The highest BCUT2D eigenvalue weighted by Gasteiger charge is 2.34. The van der Waals surface area contributed by atoms with E-state index in [0.717, 1.165) is 0 Å². The van der Waals surface area contributed by atoms with Gasteiger partial charge < -0.3 is 15.0 Å². The van der Waals surface area contributed by atoms with Crippen LogP contribution in [0, 0.1) is 18.7 Å². The lowest BCUT2D eigenvalue weighted by molar-refractivity contribution is 0.0921. The Morgan fingerprint density at radius 3 is 2.81 bits per heavy atom. The first-order valence-corrected chi connectivity index (χ1v) is 9.86. The Morgan fingerprint density at radius 1 is 1.38 bits per heavy atom. The van der Waals surface area contributed by atoms with Gasteiger partial charge in [0.1, 0.15) is 11.5 Å². The number of benzene rings is 1. The first-order chi connectivity index (χ1) is 12.2. The molecule has 2 aromatic rings. The molecular weight excluding hydrogens is 361 g/mol. The zero-order chi connectivity index (χ0) is 19.1. The number of carbonyl (C=O) groups excluding carboxylic acids is 1. The van der Waals surface area contributed by atoms with Crippen molar-refractivity contribution < 1.29 is 22.3 Å². The van der Waals surface area contributed by atoms with Crippen LogP contribution in [0.5, 0.6) is 0 Å². The Hall–Kier alpha value is -1.97. The van der Waals surface area contributed by atoms with Crippen LogP contribution in [0.1, 0.15) is 16.1 Å². The van der Waals surface area contributed by atoms with Crippen LogP contribution >= 0.6 is 0 Å². The summed E-state index contributed by atoms with van der Waals surface area (Å²) in [5.41, 5.74) is 1.66. The molecule has 3 rings (SSSR count). The molecule has 1 aromatic heterocycles. The van der Waals surface area contributed by atoms with E-state index in [9.17, 15) is 17.6 Å². The molecule has 9 heteroatoms. The van der Waals surface area contributed by atoms with E-state index in [1.165, 1.54) is 30.5 Å². The lowest BCUT2D eigenvalue weighted by atomic mass is 10.1. The molecule has 1 fully saturated rings. The first kappa shape index (κ1) is 18.8. The predicted molar refractivity (Wildman–Crippen MR) is 96.0 cm³/mol. The summed E-state index contributed by atoms with van der Waals surface area (Å²) < 4.78 is 44.2. The molecule has 1 amide bonds. The number of sulfonamides is 1.